The first kappa shape index (κ1) is 12.0. The van der Waals surface area contributed by atoms with E-state index in [-0.39, 0.29) is 0 Å². The molecule has 0 bridgehead atoms. The molecule has 0 saturated carbocycles. The van der Waals surface area contributed by atoms with Crippen molar-refractivity contribution in [3.8, 4) is 0 Å². The highest BCUT2D eigenvalue weighted by Gasteiger charge is 2.08. The van der Waals surface area contributed by atoms with E-state index in [1.54, 1.807) is 0 Å². The van der Waals surface area contributed by atoms with Crippen molar-refractivity contribution < 1.29 is 0 Å². The zero-order valence-electron chi connectivity index (χ0n) is 9.85. The van der Waals surface area contributed by atoms with E-state index in [1.165, 1.54) is 24.6 Å². The molecule has 0 amide bonds. The summed E-state index contributed by atoms with van der Waals surface area (Å²) < 4.78 is 1.85. The van der Waals surface area contributed by atoms with Crippen molar-refractivity contribution in [2.24, 2.45) is 7.05 Å². The minimum Gasteiger partial charge on any atom is -0.310 e. The zero-order valence-corrected chi connectivity index (χ0v) is 10.7. The van der Waals surface area contributed by atoms with Gasteiger partial charge < -0.3 is 10.2 Å². The molecule has 1 saturated heterocycles. The van der Waals surface area contributed by atoms with E-state index < -0.39 is 0 Å². The molecule has 1 N–H and O–H groups in total. The van der Waals surface area contributed by atoms with Crippen LogP contribution in [0.4, 0.5) is 0 Å². The van der Waals surface area contributed by atoms with Gasteiger partial charge in [0.25, 0.3) is 0 Å². The first-order valence-corrected chi connectivity index (χ1v) is 6.99. The number of nitrogens with one attached hydrogen (secondary N) is 1. The largest absolute Gasteiger partial charge is 0.310 e. The normalized spacial score (nSPS) is 17.8. The lowest BCUT2D eigenvalue weighted by atomic mass is 10.4. The Morgan fingerprint density at radius 2 is 2.25 bits per heavy atom. The van der Waals surface area contributed by atoms with Gasteiger partial charge in [-0.15, -0.1) is 0 Å². The summed E-state index contributed by atoms with van der Waals surface area (Å²) in [6.07, 6.45) is 1.98. The Bertz CT molecular complexity index is 307. The van der Waals surface area contributed by atoms with Crippen LogP contribution in [-0.2, 0) is 13.6 Å². The van der Waals surface area contributed by atoms with Crippen LogP contribution in [0.1, 0.15) is 5.69 Å². The molecule has 1 aromatic rings. The van der Waals surface area contributed by atoms with E-state index in [9.17, 15) is 0 Å². The first-order valence-electron chi connectivity index (χ1n) is 5.84. The third-order valence-corrected chi connectivity index (χ3v) is 3.73. The van der Waals surface area contributed by atoms with E-state index in [2.05, 4.69) is 33.1 Å². The predicted octanol–water partition coefficient (Wildman–Crippen LogP) is 0.558. The molecule has 0 spiro atoms. The van der Waals surface area contributed by atoms with Crippen molar-refractivity contribution in [1.82, 2.24) is 20.0 Å². The summed E-state index contributed by atoms with van der Waals surface area (Å²) >= 11 is 2.06. The summed E-state index contributed by atoms with van der Waals surface area (Å²) in [6, 6.07) is 2.06. The van der Waals surface area contributed by atoms with E-state index in [4.69, 9.17) is 0 Å². The van der Waals surface area contributed by atoms with Gasteiger partial charge in [0.05, 0.1) is 5.69 Å². The van der Waals surface area contributed by atoms with Crippen LogP contribution in [0.2, 0.25) is 0 Å². The molecule has 1 aromatic heterocycles. The van der Waals surface area contributed by atoms with Crippen LogP contribution in [0.5, 0.6) is 0 Å². The SMILES string of the molecule is Cn1ccc(CNCCN2CCSCC2)n1. The fourth-order valence-electron chi connectivity index (χ4n) is 1.84. The Labute approximate surface area is 101 Å². The Balaban J connectivity index is 1.57. The minimum absolute atomic E-state index is 0.878. The third-order valence-electron chi connectivity index (χ3n) is 2.78. The quantitative estimate of drug-likeness (QED) is 0.762. The van der Waals surface area contributed by atoms with Gasteiger partial charge in [0.15, 0.2) is 0 Å². The lowest BCUT2D eigenvalue weighted by Crippen LogP contribution is -2.37. The van der Waals surface area contributed by atoms with Crippen molar-refractivity contribution in [2.45, 2.75) is 6.54 Å². The van der Waals surface area contributed by atoms with Gasteiger partial charge in [-0.2, -0.15) is 16.9 Å². The van der Waals surface area contributed by atoms with Gasteiger partial charge in [0.2, 0.25) is 0 Å². The molecule has 1 aliphatic rings. The van der Waals surface area contributed by atoms with Crippen LogP contribution in [0, 0.1) is 0 Å². The molecule has 16 heavy (non-hydrogen) atoms. The number of aromatic nitrogens is 2. The minimum atomic E-state index is 0.878. The average Bonchev–Trinajstić information content (AvgIpc) is 2.72. The van der Waals surface area contributed by atoms with Crippen LogP contribution in [-0.4, -0.2) is 52.4 Å². The van der Waals surface area contributed by atoms with Crippen molar-refractivity contribution in [3.63, 3.8) is 0 Å². The molecule has 1 fully saturated rings. The highest BCUT2D eigenvalue weighted by Crippen LogP contribution is 2.07. The van der Waals surface area contributed by atoms with Crippen molar-refractivity contribution in [1.29, 1.82) is 0 Å². The summed E-state index contributed by atoms with van der Waals surface area (Å²) in [5.41, 5.74) is 1.12. The van der Waals surface area contributed by atoms with Crippen LogP contribution in [0.3, 0.4) is 0 Å². The zero-order chi connectivity index (χ0) is 11.2. The van der Waals surface area contributed by atoms with Crippen LogP contribution in [0.15, 0.2) is 12.3 Å². The predicted molar refractivity (Wildman–Crippen MR) is 68.7 cm³/mol. The number of aryl methyl sites for hydroxylation is 1. The fraction of sp³-hybridized carbons (Fsp3) is 0.727. The highest BCUT2D eigenvalue weighted by atomic mass is 32.2. The number of rotatable bonds is 5. The summed E-state index contributed by atoms with van der Waals surface area (Å²) in [7, 11) is 1.95. The number of nitrogens with zero attached hydrogens (tertiary/aromatic N) is 3. The van der Waals surface area contributed by atoms with Gasteiger partial charge in [0, 0.05) is 57.5 Å². The first-order chi connectivity index (χ1) is 7.84. The van der Waals surface area contributed by atoms with Crippen molar-refractivity contribution >= 4 is 11.8 Å². The van der Waals surface area contributed by atoms with Gasteiger partial charge in [-0.3, -0.25) is 4.68 Å². The molecular weight excluding hydrogens is 220 g/mol. The molecule has 4 nitrogen and oxygen atoms in total. The smallest absolute Gasteiger partial charge is 0.0762 e. The summed E-state index contributed by atoms with van der Waals surface area (Å²) in [5, 5.41) is 7.77. The second-order valence-corrected chi connectivity index (χ2v) is 5.34. The molecule has 5 heteroatoms. The Morgan fingerprint density at radius 1 is 1.44 bits per heavy atom. The van der Waals surface area contributed by atoms with E-state index in [1.807, 2.05) is 17.9 Å². The average molecular weight is 240 g/mol. The molecule has 0 unspecified atom stereocenters. The van der Waals surface area contributed by atoms with Gasteiger partial charge in [-0.25, -0.2) is 0 Å². The molecule has 90 valence electrons. The summed E-state index contributed by atoms with van der Waals surface area (Å²) in [4.78, 5) is 2.53. The van der Waals surface area contributed by atoms with Crippen molar-refractivity contribution in [3.05, 3.63) is 18.0 Å². The lowest BCUT2D eigenvalue weighted by Gasteiger charge is -2.25. The maximum atomic E-state index is 4.33. The molecule has 2 rings (SSSR count). The molecular formula is C11H20N4S. The third kappa shape index (κ3) is 3.81. The summed E-state index contributed by atoms with van der Waals surface area (Å²) in [5.74, 6) is 2.58. The Hall–Kier alpha value is -0.520. The molecule has 1 aliphatic heterocycles. The molecule has 2 heterocycles. The molecule has 0 aromatic carbocycles. The number of thioether (sulfide) groups is 1. The van der Waals surface area contributed by atoms with E-state index >= 15 is 0 Å². The monoisotopic (exact) mass is 240 g/mol. The topological polar surface area (TPSA) is 33.1 Å². The number of hydrogen-bond donors (Lipinski definition) is 1. The van der Waals surface area contributed by atoms with Crippen LogP contribution >= 0.6 is 11.8 Å². The molecule has 0 atom stereocenters. The second-order valence-electron chi connectivity index (χ2n) is 4.11. The van der Waals surface area contributed by atoms with Gasteiger partial charge in [-0.1, -0.05) is 0 Å². The molecule has 0 aliphatic carbocycles. The molecule has 0 radical (unpaired) electrons. The van der Waals surface area contributed by atoms with Gasteiger partial charge >= 0.3 is 0 Å². The van der Waals surface area contributed by atoms with Gasteiger partial charge in [0.1, 0.15) is 0 Å². The van der Waals surface area contributed by atoms with E-state index in [0.29, 0.717) is 0 Å². The van der Waals surface area contributed by atoms with E-state index in [0.717, 1.165) is 25.3 Å². The standard InChI is InChI=1S/C11H20N4S/c1-14-4-2-11(13-14)10-12-3-5-15-6-8-16-9-7-15/h2,4,12H,3,5-10H2,1H3. The Morgan fingerprint density at radius 3 is 2.94 bits per heavy atom. The van der Waals surface area contributed by atoms with Crippen molar-refractivity contribution in [2.75, 3.05) is 37.7 Å². The highest BCUT2D eigenvalue weighted by molar-refractivity contribution is 7.99. The van der Waals surface area contributed by atoms with Crippen LogP contribution < -0.4 is 5.32 Å². The fourth-order valence-corrected chi connectivity index (χ4v) is 2.81. The van der Waals surface area contributed by atoms with Gasteiger partial charge in [-0.05, 0) is 6.07 Å². The lowest BCUT2D eigenvalue weighted by molar-refractivity contribution is 0.301. The number of hydrogen-bond acceptors (Lipinski definition) is 4. The second kappa shape index (κ2) is 6.27. The van der Waals surface area contributed by atoms with Crippen LogP contribution in [0.25, 0.3) is 0 Å². The maximum Gasteiger partial charge on any atom is 0.0762 e. The maximum absolute atomic E-state index is 4.33. The Kier molecular flexibility index (Phi) is 4.69. The summed E-state index contributed by atoms with van der Waals surface area (Å²) in [6.45, 7) is 5.59.